The average molecular weight is 518 g/mol. The van der Waals surface area contributed by atoms with Gasteiger partial charge in [0.15, 0.2) is 0 Å². The normalized spacial score (nSPS) is 15.4. The highest BCUT2D eigenvalue weighted by atomic mass is 16.5. The van der Waals surface area contributed by atoms with Crippen molar-refractivity contribution in [3.63, 3.8) is 0 Å². The summed E-state index contributed by atoms with van der Waals surface area (Å²) in [6.07, 6.45) is 1.68. The van der Waals surface area contributed by atoms with E-state index in [4.69, 9.17) is 14.5 Å². The monoisotopic (exact) mass is 517 g/mol. The van der Waals surface area contributed by atoms with Crippen molar-refractivity contribution in [1.29, 1.82) is 0 Å². The SMILES string of the molecule is C1COCCN1.Cc1cc(C)cc(CN(C)C(=O)c2cnc(N3CCOCC3)nc2-c2ccccc2C)c1. The number of aromatic nitrogens is 2. The summed E-state index contributed by atoms with van der Waals surface area (Å²) in [4.78, 5) is 26.8. The van der Waals surface area contributed by atoms with Crippen LogP contribution in [-0.4, -0.2) is 80.4 Å². The lowest BCUT2D eigenvalue weighted by molar-refractivity contribution is 0.0785. The Hall–Kier alpha value is -3.33. The topological polar surface area (TPSA) is 79.8 Å². The molecule has 5 rings (SSSR count). The zero-order valence-corrected chi connectivity index (χ0v) is 23.0. The van der Waals surface area contributed by atoms with Crippen molar-refractivity contribution in [2.45, 2.75) is 27.3 Å². The fourth-order valence-corrected chi connectivity index (χ4v) is 4.72. The van der Waals surface area contributed by atoms with Gasteiger partial charge in [0.1, 0.15) is 0 Å². The quantitative estimate of drug-likeness (QED) is 0.552. The van der Waals surface area contributed by atoms with Crippen LogP contribution in [0.3, 0.4) is 0 Å². The van der Waals surface area contributed by atoms with Gasteiger partial charge in [-0.1, -0.05) is 53.6 Å². The second-order valence-electron chi connectivity index (χ2n) is 9.87. The zero-order valence-electron chi connectivity index (χ0n) is 23.0. The highest BCUT2D eigenvalue weighted by Gasteiger charge is 2.23. The van der Waals surface area contributed by atoms with E-state index in [1.165, 1.54) is 11.1 Å². The van der Waals surface area contributed by atoms with Gasteiger partial charge in [0.2, 0.25) is 5.95 Å². The first-order chi connectivity index (χ1) is 18.4. The second-order valence-corrected chi connectivity index (χ2v) is 9.87. The highest BCUT2D eigenvalue weighted by molar-refractivity contribution is 6.00. The zero-order chi connectivity index (χ0) is 26.9. The summed E-state index contributed by atoms with van der Waals surface area (Å²) in [5, 5.41) is 3.16. The molecule has 202 valence electrons. The molecule has 2 fully saturated rings. The first kappa shape index (κ1) is 27.7. The Bertz CT molecular complexity index is 1190. The Morgan fingerprint density at radius 2 is 1.63 bits per heavy atom. The summed E-state index contributed by atoms with van der Waals surface area (Å²) in [5.74, 6) is 0.552. The first-order valence-electron chi connectivity index (χ1n) is 13.3. The minimum atomic E-state index is -0.0871. The molecule has 1 amide bonds. The molecule has 0 atom stereocenters. The van der Waals surface area contributed by atoms with Crippen LogP contribution < -0.4 is 10.2 Å². The van der Waals surface area contributed by atoms with Gasteiger partial charge in [-0.05, 0) is 31.9 Å². The Morgan fingerprint density at radius 1 is 0.974 bits per heavy atom. The number of ether oxygens (including phenoxy) is 2. The second kappa shape index (κ2) is 13.5. The molecule has 0 aliphatic carbocycles. The number of carbonyl (C=O) groups excluding carboxylic acids is 1. The fraction of sp³-hybridized carbons (Fsp3) is 0.433. The number of benzene rings is 2. The maximum Gasteiger partial charge on any atom is 0.257 e. The van der Waals surface area contributed by atoms with E-state index < -0.39 is 0 Å². The Morgan fingerprint density at radius 3 is 2.24 bits per heavy atom. The number of aryl methyl sites for hydroxylation is 3. The van der Waals surface area contributed by atoms with E-state index in [9.17, 15) is 4.79 Å². The molecule has 3 heterocycles. The minimum Gasteiger partial charge on any atom is -0.379 e. The molecule has 8 heteroatoms. The van der Waals surface area contributed by atoms with Crippen molar-refractivity contribution in [3.05, 3.63) is 76.5 Å². The number of morpholine rings is 2. The molecule has 1 aromatic heterocycles. The van der Waals surface area contributed by atoms with Crippen molar-refractivity contribution < 1.29 is 14.3 Å². The minimum absolute atomic E-state index is 0.0871. The van der Waals surface area contributed by atoms with Crippen LogP contribution in [0.4, 0.5) is 5.95 Å². The third kappa shape index (κ3) is 7.37. The standard InChI is InChI=1S/C26H30N4O2.C4H9NO/c1-18-13-19(2)15-21(14-18)17-29(4)25(31)23-16-27-26(30-9-11-32-12-10-30)28-24(23)22-8-6-5-7-20(22)3;1-3-6-4-2-5-1/h5-8,13-16H,9-12,17H2,1-4H3;5H,1-4H2. The molecule has 2 aromatic carbocycles. The summed E-state index contributed by atoms with van der Waals surface area (Å²) < 4.78 is 10.5. The van der Waals surface area contributed by atoms with Gasteiger partial charge in [0.05, 0.1) is 37.7 Å². The van der Waals surface area contributed by atoms with Gasteiger partial charge in [0, 0.05) is 51.5 Å². The van der Waals surface area contributed by atoms with Gasteiger partial charge >= 0.3 is 0 Å². The molecule has 2 aliphatic heterocycles. The van der Waals surface area contributed by atoms with E-state index in [0.717, 1.165) is 56.1 Å². The lowest BCUT2D eigenvalue weighted by Crippen LogP contribution is -2.37. The Kier molecular flexibility index (Phi) is 9.81. The van der Waals surface area contributed by atoms with Crippen LogP contribution in [0, 0.1) is 20.8 Å². The number of anilines is 1. The summed E-state index contributed by atoms with van der Waals surface area (Å²) in [5.41, 5.74) is 6.72. The number of nitrogens with zero attached hydrogens (tertiary/aromatic N) is 4. The largest absolute Gasteiger partial charge is 0.379 e. The predicted molar refractivity (Wildman–Crippen MR) is 151 cm³/mol. The predicted octanol–water partition coefficient (Wildman–Crippen LogP) is 3.78. The van der Waals surface area contributed by atoms with Gasteiger partial charge in [-0.3, -0.25) is 4.79 Å². The summed E-state index contributed by atoms with van der Waals surface area (Å²) >= 11 is 0. The Labute approximate surface area is 226 Å². The molecule has 0 unspecified atom stereocenters. The van der Waals surface area contributed by atoms with Gasteiger partial charge < -0.3 is 24.6 Å². The highest BCUT2D eigenvalue weighted by Crippen LogP contribution is 2.28. The smallest absolute Gasteiger partial charge is 0.257 e. The number of carbonyl (C=O) groups is 1. The fourth-order valence-electron chi connectivity index (χ4n) is 4.72. The van der Waals surface area contributed by atoms with Crippen LogP contribution in [0.15, 0.2) is 48.7 Å². The van der Waals surface area contributed by atoms with E-state index in [1.54, 1.807) is 11.1 Å². The summed E-state index contributed by atoms with van der Waals surface area (Å²) in [6, 6.07) is 14.4. The van der Waals surface area contributed by atoms with Gasteiger partial charge in [-0.2, -0.15) is 0 Å². The van der Waals surface area contributed by atoms with Crippen LogP contribution in [0.2, 0.25) is 0 Å². The number of rotatable bonds is 5. The van der Waals surface area contributed by atoms with Crippen molar-refractivity contribution in [1.82, 2.24) is 20.2 Å². The lowest BCUT2D eigenvalue weighted by atomic mass is 10.0. The molecule has 2 aliphatic rings. The molecular formula is C30H39N5O3. The van der Waals surface area contributed by atoms with Crippen molar-refractivity contribution in [2.75, 3.05) is 64.6 Å². The summed E-state index contributed by atoms with van der Waals surface area (Å²) in [7, 11) is 1.83. The van der Waals surface area contributed by atoms with Crippen LogP contribution in [-0.2, 0) is 16.0 Å². The molecule has 0 spiro atoms. The van der Waals surface area contributed by atoms with E-state index in [2.05, 4.69) is 47.2 Å². The average Bonchev–Trinajstić information content (AvgIpc) is 2.94. The third-order valence-corrected chi connectivity index (χ3v) is 6.59. The maximum absolute atomic E-state index is 13.5. The third-order valence-electron chi connectivity index (χ3n) is 6.59. The molecule has 0 bridgehead atoms. The van der Waals surface area contributed by atoms with Gasteiger partial charge in [-0.15, -0.1) is 0 Å². The first-order valence-corrected chi connectivity index (χ1v) is 13.3. The van der Waals surface area contributed by atoms with E-state index in [1.807, 2.05) is 38.2 Å². The molecule has 8 nitrogen and oxygen atoms in total. The molecule has 1 N–H and O–H groups in total. The van der Waals surface area contributed by atoms with E-state index in [-0.39, 0.29) is 5.91 Å². The van der Waals surface area contributed by atoms with Crippen LogP contribution in [0.1, 0.15) is 32.6 Å². The molecule has 2 saturated heterocycles. The van der Waals surface area contributed by atoms with E-state index >= 15 is 0 Å². The molecule has 3 aromatic rings. The van der Waals surface area contributed by atoms with Crippen molar-refractivity contribution in [3.8, 4) is 11.3 Å². The number of nitrogens with one attached hydrogen (secondary N) is 1. The molecule has 0 radical (unpaired) electrons. The Balaban J connectivity index is 0.000000494. The van der Waals surface area contributed by atoms with Gasteiger partial charge in [-0.25, -0.2) is 9.97 Å². The van der Waals surface area contributed by atoms with Crippen LogP contribution in [0.25, 0.3) is 11.3 Å². The molecule has 0 saturated carbocycles. The van der Waals surface area contributed by atoms with Crippen LogP contribution in [0.5, 0.6) is 0 Å². The van der Waals surface area contributed by atoms with Gasteiger partial charge in [0.25, 0.3) is 5.91 Å². The lowest BCUT2D eigenvalue weighted by Gasteiger charge is -2.27. The van der Waals surface area contributed by atoms with E-state index in [0.29, 0.717) is 37.0 Å². The number of amides is 1. The maximum atomic E-state index is 13.5. The van der Waals surface area contributed by atoms with Crippen molar-refractivity contribution in [2.24, 2.45) is 0 Å². The summed E-state index contributed by atoms with van der Waals surface area (Å²) in [6.45, 7) is 13.4. The number of hydrogen-bond acceptors (Lipinski definition) is 7. The van der Waals surface area contributed by atoms with Crippen LogP contribution >= 0.6 is 0 Å². The van der Waals surface area contributed by atoms with Crippen molar-refractivity contribution >= 4 is 11.9 Å². The molecular weight excluding hydrogens is 478 g/mol. The number of hydrogen-bond donors (Lipinski definition) is 1. The molecule has 38 heavy (non-hydrogen) atoms.